The Morgan fingerprint density at radius 3 is 1.76 bits per heavy atom. The van der Waals surface area contributed by atoms with Crippen LogP contribution in [0.1, 0.15) is 58.3 Å². The molecule has 3 heteroatoms. The van der Waals surface area contributed by atoms with Crippen molar-refractivity contribution in [2.45, 2.75) is 76.0 Å². The summed E-state index contributed by atoms with van der Waals surface area (Å²) in [4.78, 5) is 0. The van der Waals surface area contributed by atoms with Gasteiger partial charge < -0.3 is 15.7 Å². The van der Waals surface area contributed by atoms with Gasteiger partial charge in [0.1, 0.15) is 0 Å². The highest BCUT2D eigenvalue weighted by Crippen LogP contribution is 2.25. The molecule has 2 rings (SSSR count). The highest BCUT2D eigenvalue weighted by Gasteiger charge is 2.29. The van der Waals surface area contributed by atoms with Gasteiger partial charge in [-0.25, -0.2) is 0 Å². The van der Waals surface area contributed by atoms with Crippen LogP contribution in [0.25, 0.3) is 0 Å². The van der Waals surface area contributed by atoms with Crippen molar-refractivity contribution in [1.82, 2.24) is 10.6 Å². The van der Waals surface area contributed by atoms with Crippen molar-refractivity contribution >= 4 is 0 Å². The molecule has 0 aromatic heterocycles. The molecule has 2 aliphatic rings. The fraction of sp³-hybridized carbons (Fsp3) is 1.00. The molecular formula is C14H28N2O. The van der Waals surface area contributed by atoms with Crippen LogP contribution in [-0.2, 0) is 0 Å². The van der Waals surface area contributed by atoms with E-state index in [0.29, 0.717) is 12.1 Å². The summed E-state index contributed by atoms with van der Waals surface area (Å²) in [5, 5.41) is 17.6. The second-order valence-electron chi connectivity index (χ2n) is 6.20. The standard InChI is InChI=1S/C14H28N2O/c1-14(17,10-12-6-2-4-8-15-12)11-13-7-3-5-9-16-13/h12-13,15-17H,2-11H2,1H3/t12-,13-/m0/s1. The Kier molecular flexibility index (Phi) is 4.83. The van der Waals surface area contributed by atoms with Gasteiger partial charge in [-0.2, -0.15) is 0 Å². The molecule has 2 atom stereocenters. The minimum Gasteiger partial charge on any atom is -0.390 e. The van der Waals surface area contributed by atoms with Crippen LogP contribution in [-0.4, -0.2) is 35.9 Å². The molecule has 0 unspecified atom stereocenters. The Morgan fingerprint density at radius 1 is 0.941 bits per heavy atom. The van der Waals surface area contributed by atoms with Crippen LogP contribution in [0.2, 0.25) is 0 Å². The summed E-state index contributed by atoms with van der Waals surface area (Å²) in [7, 11) is 0. The van der Waals surface area contributed by atoms with Crippen LogP contribution in [0.3, 0.4) is 0 Å². The van der Waals surface area contributed by atoms with E-state index in [1.54, 1.807) is 0 Å². The fourth-order valence-electron chi connectivity index (χ4n) is 3.34. The zero-order chi connectivity index (χ0) is 12.1. The van der Waals surface area contributed by atoms with Crippen LogP contribution >= 0.6 is 0 Å². The maximum absolute atomic E-state index is 10.5. The van der Waals surface area contributed by atoms with Gasteiger partial charge in [-0.3, -0.25) is 0 Å². The minimum atomic E-state index is -0.510. The summed E-state index contributed by atoms with van der Waals surface area (Å²) in [6.07, 6.45) is 9.50. The molecule has 2 heterocycles. The van der Waals surface area contributed by atoms with Crippen molar-refractivity contribution in [3.8, 4) is 0 Å². The van der Waals surface area contributed by atoms with E-state index in [4.69, 9.17) is 0 Å². The van der Waals surface area contributed by atoms with Crippen LogP contribution in [0, 0.1) is 0 Å². The number of piperidine rings is 2. The Balaban J connectivity index is 1.75. The average Bonchev–Trinajstić information content (AvgIpc) is 2.30. The fourth-order valence-corrected chi connectivity index (χ4v) is 3.34. The molecule has 3 nitrogen and oxygen atoms in total. The molecule has 0 aromatic carbocycles. The van der Waals surface area contributed by atoms with Crippen LogP contribution < -0.4 is 10.6 Å². The maximum Gasteiger partial charge on any atom is 0.0649 e. The molecule has 100 valence electrons. The number of hydrogen-bond donors (Lipinski definition) is 3. The molecule has 0 radical (unpaired) electrons. The van der Waals surface area contributed by atoms with Gasteiger partial charge in [0, 0.05) is 12.1 Å². The molecule has 17 heavy (non-hydrogen) atoms. The lowest BCUT2D eigenvalue weighted by molar-refractivity contribution is 0.0163. The van der Waals surface area contributed by atoms with E-state index in [1.807, 2.05) is 6.92 Å². The van der Waals surface area contributed by atoms with Crippen LogP contribution in [0.4, 0.5) is 0 Å². The third-order valence-electron chi connectivity index (χ3n) is 4.20. The smallest absolute Gasteiger partial charge is 0.0649 e. The summed E-state index contributed by atoms with van der Waals surface area (Å²) in [5.74, 6) is 0. The molecule has 2 saturated heterocycles. The summed E-state index contributed by atoms with van der Waals surface area (Å²) in [6.45, 7) is 4.27. The first-order chi connectivity index (χ1) is 8.16. The van der Waals surface area contributed by atoms with Crippen molar-refractivity contribution in [1.29, 1.82) is 0 Å². The number of nitrogens with one attached hydrogen (secondary N) is 2. The average molecular weight is 240 g/mol. The lowest BCUT2D eigenvalue weighted by atomic mass is 9.85. The van der Waals surface area contributed by atoms with E-state index < -0.39 is 5.60 Å². The Labute approximate surface area is 105 Å². The van der Waals surface area contributed by atoms with Crippen molar-refractivity contribution in [3.63, 3.8) is 0 Å². The third-order valence-corrected chi connectivity index (χ3v) is 4.20. The highest BCUT2D eigenvalue weighted by atomic mass is 16.3. The third kappa shape index (κ3) is 4.57. The van der Waals surface area contributed by atoms with Crippen molar-refractivity contribution in [3.05, 3.63) is 0 Å². The van der Waals surface area contributed by atoms with E-state index in [2.05, 4.69) is 10.6 Å². The predicted octanol–water partition coefficient (Wildman–Crippen LogP) is 1.80. The van der Waals surface area contributed by atoms with E-state index in [9.17, 15) is 5.11 Å². The van der Waals surface area contributed by atoms with Crippen molar-refractivity contribution in [2.75, 3.05) is 13.1 Å². The van der Waals surface area contributed by atoms with E-state index >= 15 is 0 Å². The molecule has 2 fully saturated rings. The van der Waals surface area contributed by atoms with Crippen molar-refractivity contribution in [2.24, 2.45) is 0 Å². The molecular weight excluding hydrogens is 212 g/mol. The van der Waals surface area contributed by atoms with E-state index in [-0.39, 0.29) is 0 Å². The number of hydrogen-bond acceptors (Lipinski definition) is 3. The number of rotatable bonds is 4. The zero-order valence-corrected chi connectivity index (χ0v) is 11.2. The van der Waals surface area contributed by atoms with Gasteiger partial charge in [-0.1, -0.05) is 12.8 Å². The summed E-state index contributed by atoms with van der Waals surface area (Å²) in [6, 6.07) is 1.06. The molecule has 0 saturated carbocycles. The molecule has 2 aliphatic heterocycles. The van der Waals surface area contributed by atoms with Gasteiger partial charge in [-0.15, -0.1) is 0 Å². The van der Waals surface area contributed by atoms with Gasteiger partial charge in [0.25, 0.3) is 0 Å². The van der Waals surface area contributed by atoms with E-state index in [1.165, 1.54) is 38.5 Å². The van der Waals surface area contributed by atoms with Gasteiger partial charge in [-0.05, 0) is 58.5 Å². The van der Waals surface area contributed by atoms with Crippen LogP contribution in [0.5, 0.6) is 0 Å². The predicted molar refractivity (Wildman–Crippen MR) is 71.1 cm³/mol. The molecule has 0 spiro atoms. The maximum atomic E-state index is 10.5. The first kappa shape index (κ1) is 13.3. The largest absolute Gasteiger partial charge is 0.390 e. The van der Waals surface area contributed by atoms with Gasteiger partial charge in [0.15, 0.2) is 0 Å². The Hall–Kier alpha value is -0.120. The van der Waals surface area contributed by atoms with Gasteiger partial charge >= 0.3 is 0 Å². The highest BCUT2D eigenvalue weighted by molar-refractivity contribution is 4.87. The monoisotopic (exact) mass is 240 g/mol. The van der Waals surface area contributed by atoms with E-state index in [0.717, 1.165) is 25.9 Å². The van der Waals surface area contributed by atoms with Crippen LogP contribution in [0.15, 0.2) is 0 Å². The molecule has 0 bridgehead atoms. The quantitative estimate of drug-likeness (QED) is 0.702. The SMILES string of the molecule is CC(O)(C[C@@H]1CCCCN1)C[C@@H]1CCCCN1. The summed E-state index contributed by atoms with van der Waals surface area (Å²) < 4.78 is 0. The lowest BCUT2D eigenvalue weighted by Crippen LogP contribution is -2.45. The molecule has 0 aliphatic carbocycles. The second kappa shape index (κ2) is 6.17. The Bertz CT molecular complexity index is 196. The van der Waals surface area contributed by atoms with Crippen molar-refractivity contribution < 1.29 is 5.11 Å². The number of aliphatic hydroxyl groups is 1. The lowest BCUT2D eigenvalue weighted by Gasteiger charge is -2.35. The zero-order valence-electron chi connectivity index (χ0n) is 11.2. The molecule has 0 amide bonds. The minimum absolute atomic E-state index is 0.510. The second-order valence-corrected chi connectivity index (χ2v) is 6.20. The van der Waals surface area contributed by atoms with Gasteiger partial charge in [0.2, 0.25) is 0 Å². The Morgan fingerprint density at radius 2 is 1.41 bits per heavy atom. The first-order valence-electron chi connectivity index (χ1n) is 7.35. The first-order valence-corrected chi connectivity index (χ1v) is 7.35. The normalized spacial score (nSPS) is 31.4. The topological polar surface area (TPSA) is 44.3 Å². The summed E-state index contributed by atoms with van der Waals surface area (Å²) >= 11 is 0. The van der Waals surface area contributed by atoms with Gasteiger partial charge in [0.05, 0.1) is 5.60 Å². The molecule has 0 aromatic rings. The molecule has 3 N–H and O–H groups in total. The summed E-state index contributed by atoms with van der Waals surface area (Å²) in [5.41, 5.74) is -0.510.